The van der Waals surface area contributed by atoms with Crippen LogP contribution in [0, 0.1) is 0 Å². The first-order chi connectivity index (χ1) is 9.97. The van der Waals surface area contributed by atoms with Gasteiger partial charge in [0, 0.05) is 36.0 Å². The van der Waals surface area contributed by atoms with Crippen LogP contribution in [0.1, 0.15) is 26.3 Å². The topological polar surface area (TPSA) is 76.3 Å². The molecule has 0 unspecified atom stereocenters. The highest BCUT2D eigenvalue weighted by Crippen LogP contribution is 2.13. The van der Waals surface area contributed by atoms with E-state index >= 15 is 0 Å². The van der Waals surface area contributed by atoms with Crippen molar-refractivity contribution in [1.82, 2.24) is 9.88 Å². The molecule has 1 heterocycles. The average molecular weight is 348 g/mol. The fourth-order valence-electron chi connectivity index (χ4n) is 1.87. The lowest BCUT2D eigenvalue weighted by Crippen LogP contribution is -2.26. The number of pyridine rings is 1. The third kappa shape index (κ3) is 3.88. The second-order valence-electron chi connectivity index (χ2n) is 4.61. The molecular formula is C15H14BrN3O2. The number of carbonyl (C=O) groups is 2. The van der Waals surface area contributed by atoms with Gasteiger partial charge in [-0.1, -0.05) is 12.1 Å². The van der Waals surface area contributed by atoms with E-state index in [4.69, 9.17) is 5.73 Å². The first-order valence-corrected chi connectivity index (χ1v) is 7.01. The predicted octanol–water partition coefficient (Wildman–Crippen LogP) is 2.22. The monoisotopic (exact) mass is 347 g/mol. The van der Waals surface area contributed by atoms with Crippen LogP contribution in [-0.2, 0) is 6.54 Å². The maximum Gasteiger partial charge on any atom is 0.255 e. The third-order valence-electron chi connectivity index (χ3n) is 2.96. The molecule has 108 valence electrons. The zero-order valence-electron chi connectivity index (χ0n) is 11.4. The molecule has 1 aromatic carbocycles. The Morgan fingerprint density at radius 3 is 2.43 bits per heavy atom. The summed E-state index contributed by atoms with van der Waals surface area (Å²) < 4.78 is 0.757. The molecule has 0 saturated carbocycles. The van der Waals surface area contributed by atoms with Crippen LogP contribution in [0.25, 0.3) is 0 Å². The van der Waals surface area contributed by atoms with Gasteiger partial charge in [0.25, 0.3) is 5.91 Å². The third-order valence-corrected chi connectivity index (χ3v) is 3.39. The smallest absolute Gasteiger partial charge is 0.255 e. The number of halogens is 1. The van der Waals surface area contributed by atoms with Crippen LogP contribution >= 0.6 is 15.9 Å². The van der Waals surface area contributed by atoms with Crippen LogP contribution in [0.15, 0.2) is 47.2 Å². The number of rotatable bonds is 4. The van der Waals surface area contributed by atoms with E-state index in [1.807, 2.05) is 0 Å². The lowest BCUT2D eigenvalue weighted by Gasteiger charge is -2.17. The number of benzene rings is 1. The second-order valence-corrected chi connectivity index (χ2v) is 5.53. The molecule has 0 aliphatic rings. The molecule has 0 aliphatic heterocycles. The van der Waals surface area contributed by atoms with Gasteiger partial charge in [0.2, 0.25) is 5.91 Å². The number of amides is 2. The second kappa shape index (κ2) is 6.49. The highest BCUT2D eigenvalue weighted by molar-refractivity contribution is 9.10. The summed E-state index contributed by atoms with van der Waals surface area (Å²) >= 11 is 3.29. The van der Waals surface area contributed by atoms with Crippen LogP contribution in [0.4, 0.5) is 0 Å². The number of primary amides is 1. The highest BCUT2D eigenvalue weighted by Gasteiger charge is 2.13. The minimum Gasteiger partial charge on any atom is -0.366 e. The summed E-state index contributed by atoms with van der Waals surface area (Å²) in [5.74, 6) is -0.589. The summed E-state index contributed by atoms with van der Waals surface area (Å²) in [5, 5.41) is 0. The van der Waals surface area contributed by atoms with Crippen molar-refractivity contribution in [3.8, 4) is 0 Å². The van der Waals surface area contributed by atoms with E-state index in [9.17, 15) is 9.59 Å². The van der Waals surface area contributed by atoms with Crippen LogP contribution < -0.4 is 5.73 Å². The van der Waals surface area contributed by atoms with Crippen molar-refractivity contribution < 1.29 is 9.59 Å². The summed E-state index contributed by atoms with van der Waals surface area (Å²) in [4.78, 5) is 28.8. The number of hydrogen-bond donors (Lipinski definition) is 1. The van der Waals surface area contributed by atoms with Crippen molar-refractivity contribution in [2.45, 2.75) is 6.54 Å². The van der Waals surface area contributed by atoms with Crippen molar-refractivity contribution in [1.29, 1.82) is 0 Å². The molecule has 21 heavy (non-hydrogen) atoms. The summed E-state index contributed by atoms with van der Waals surface area (Å²) in [6, 6.07) is 8.58. The SMILES string of the molecule is CN(Cc1ccc(C(N)=O)cc1)C(=O)c1cncc(Br)c1. The normalized spacial score (nSPS) is 10.2. The fraction of sp³-hybridized carbons (Fsp3) is 0.133. The van der Waals surface area contributed by atoms with Crippen molar-refractivity contribution in [2.75, 3.05) is 7.05 Å². The van der Waals surface area contributed by atoms with Gasteiger partial charge < -0.3 is 10.6 Å². The molecule has 0 atom stereocenters. The minimum absolute atomic E-state index is 0.122. The summed E-state index contributed by atoms with van der Waals surface area (Å²) in [5.41, 5.74) is 7.07. The quantitative estimate of drug-likeness (QED) is 0.920. The number of hydrogen-bond acceptors (Lipinski definition) is 3. The van der Waals surface area contributed by atoms with E-state index in [1.165, 1.54) is 6.20 Å². The molecule has 0 aliphatic carbocycles. The van der Waals surface area contributed by atoms with Gasteiger partial charge in [-0.25, -0.2) is 0 Å². The van der Waals surface area contributed by atoms with Crippen LogP contribution in [0.3, 0.4) is 0 Å². The molecular weight excluding hydrogens is 334 g/mol. The van der Waals surface area contributed by atoms with Crippen LogP contribution in [-0.4, -0.2) is 28.7 Å². The molecule has 0 radical (unpaired) electrons. The molecule has 2 rings (SSSR count). The lowest BCUT2D eigenvalue weighted by molar-refractivity contribution is 0.0784. The standard InChI is InChI=1S/C15H14BrN3O2/c1-19(15(21)12-6-13(16)8-18-7-12)9-10-2-4-11(5-3-10)14(17)20/h2-8H,9H2,1H3,(H2,17,20). The Morgan fingerprint density at radius 1 is 1.19 bits per heavy atom. The summed E-state index contributed by atoms with van der Waals surface area (Å²) in [7, 11) is 1.71. The van der Waals surface area contributed by atoms with Gasteiger partial charge in [0.15, 0.2) is 0 Å². The number of aromatic nitrogens is 1. The number of nitrogens with two attached hydrogens (primary N) is 1. The molecule has 2 N–H and O–H groups in total. The Morgan fingerprint density at radius 2 is 1.86 bits per heavy atom. The van der Waals surface area contributed by atoms with Crippen LogP contribution in [0.2, 0.25) is 0 Å². The zero-order chi connectivity index (χ0) is 15.4. The molecule has 0 saturated heterocycles. The molecule has 5 nitrogen and oxygen atoms in total. The maximum atomic E-state index is 12.3. The van der Waals surface area contributed by atoms with E-state index in [-0.39, 0.29) is 5.91 Å². The van der Waals surface area contributed by atoms with Gasteiger partial charge in [0.1, 0.15) is 0 Å². The first-order valence-electron chi connectivity index (χ1n) is 6.22. The van der Waals surface area contributed by atoms with E-state index in [0.29, 0.717) is 17.7 Å². The molecule has 6 heteroatoms. The maximum absolute atomic E-state index is 12.3. The summed E-state index contributed by atoms with van der Waals surface area (Å²) in [6.45, 7) is 0.435. The predicted molar refractivity (Wildman–Crippen MR) is 82.7 cm³/mol. The van der Waals surface area contributed by atoms with E-state index < -0.39 is 5.91 Å². The Bertz CT molecular complexity index is 671. The molecule has 2 aromatic rings. The Hall–Kier alpha value is -2.21. The van der Waals surface area contributed by atoms with E-state index in [1.54, 1.807) is 48.5 Å². The van der Waals surface area contributed by atoms with Crippen molar-refractivity contribution in [3.05, 3.63) is 63.9 Å². The Balaban J connectivity index is 2.08. The molecule has 0 fully saturated rings. The largest absolute Gasteiger partial charge is 0.366 e. The van der Waals surface area contributed by atoms with Gasteiger partial charge in [-0.2, -0.15) is 0 Å². The number of nitrogens with zero attached hydrogens (tertiary/aromatic N) is 2. The minimum atomic E-state index is -0.466. The Labute approximate surface area is 130 Å². The average Bonchev–Trinajstić information content (AvgIpc) is 2.47. The highest BCUT2D eigenvalue weighted by atomic mass is 79.9. The zero-order valence-corrected chi connectivity index (χ0v) is 13.0. The van der Waals surface area contributed by atoms with Crippen molar-refractivity contribution >= 4 is 27.7 Å². The molecule has 1 aromatic heterocycles. The first kappa shape index (κ1) is 15.2. The van der Waals surface area contributed by atoms with Crippen LogP contribution in [0.5, 0.6) is 0 Å². The molecule has 0 spiro atoms. The van der Waals surface area contributed by atoms with Crippen molar-refractivity contribution in [2.24, 2.45) is 5.73 Å². The van der Waals surface area contributed by atoms with Gasteiger partial charge in [0.05, 0.1) is 5.56 Å². The van der Waals surface area contributed by atoms with Gasteiger partial charge in [-0.05, 0) is 39.7 Å². The van der Waals surface area contributed by atoms with Gasteiger partial charge in [-0.15, -0.1) is 0 Å². The fourth-order valence-corrected chi connectivity index (χ4v) is 2.23. The van der Waals surface area contributed by atoms with E-state index in [0.717, 1.165) is 10.0 Å². The lowest BCUT2D eigenvalue weighted by atomic mass is 10.1. The van der Waals surface area contributed by atoms with Crippen molar-refractivity contribution in [3.63, 3.8) is 0 Å². The summed E-state index contributed by atoms with van der Waals surface area (Å²) in [6.07, 6.45) is 3.15. The van der Waals surface area contributed by atoms with E-state index in [2.05, 4.69) is 20.9 Å². The molecule has 0 bridgehead atoms. The Kier molecular flexibility index (Phi) is 4.70. The van der Waals surface area contributed by atoms with Gasteiger partial charge in [-0.3, -0.25) is 14.6 Å². The molecule has 2 amide bonds. The number of carbonyl (C=O) groups excluding carboxylic acids is 2. The van der Waals surface area contributed by atoms with Gasteiger partial charge >= 0.3 is 0 Å².